The topological polar surface area (TPSA) is 46.5 Å². The molecule has 0 radical (unpaired) electrons. The molecule has 0 bridgehead atoms. The zero-order valence-electron chi connectivity index (χ0n) is 8.99. The number of carbonyl (C=O) groups is 1. The molecule has 3 nitrogen and oxygen atoms in total. The van der Waals surface area contributed by atoms with Crippen LogP contribution < -0.4 is 0 Å². The molecule has 1 N–H and O–H groups in total. The molecule has 0 aliphatic carbocycles. The SMILES string of the molecule is CCCC(SCCCO)C(=O)OCC. The molecular formula is C10H20O3S. The van der Waals surface area contributed by atoms with Crippen molar-refractivity contribution in [3.05, 3.63) is 0 Å². The van der Waals surface area contributed by atoms with E-state index in [4.69, 9.17) is 9.84 Å². The van der Waals surface area contributed by atoms with E-state index in [0.29, 0.717) is 6.61 Å². The van der Waals surface area contributed by atoms with Crippen LogP contribution in [0.4, 0.5) is 0 Å². The summed E-state index contributed by atoms with van der Waals surface area (Å²) in [5.41, 5.74) is 0. The smallest absolute Gasteiger partial charge is 0.319 e. The second-order valence-corrected chi connectivity index (χ2v) is 4.29. The Morgan fingerprint density at radius 2 is 2.21 bits per heavy atom. The molecule has 0 aliphatic heterocycles. The van der Waals surface area contributed by atoms with E-state index < -0.39 is 0 Å². The van der Waals surface area contributed by atoms with Crippen LogP contribution in [0.2, 0.25) is 0 Å². The molecule has 0 spiro atoms. The van der Waals surface area contributed by atoms with E-state index in [9.17, 15) is 4.79 Å². The van der Waals surface area contributed by atoms with E-state index in [0.717, 1.165) is 25.0 Å². The standard InChI is InChI=1S/C10H20O3S/c1-3-6-9(10(12)13-4-2)14-8-5-7-11/h9,11H,3-8H2,1-2H3. The number of hydrogen-bond donors (Lipinski definition) is 1. The van der Waals surface area contributed by atoms with Gasteiger partial charge in [-0.15, -0.1) is 11.8 Å². The summed E-state index contributed by atoms with van der Waals surface area (Å²) in [6, 6.07) is 0. The number of ether oxygens (including phenoxy) is 1. The molecule has 0 saturated carbocycles. The molecule has 0 aromatic rings. The van der Waals surface area contributed by atoms with Gasteiger partial charge in [-0.3, -0.25) is 4.79 Å². The van der Waals surface area contributed by atoms with Gasteiger partial charge in [0, 0.05) is 6.61 Å². The number of carbonyl (C=O) groups excluding carboxylic acids is 1. The minimum Gasteiger partial charge on any atom is -0.465 e. The van der Waals surface area contributed by atoms with Gasteiger partial charge < -0.3 is 9.84 Å². The van der Waals surface area contributed by atoms with E-state index in [2.05, 4.69) is 6.92 Å². The Hall–Kier alpha value is -0.220. The van der Waals surface area contributed by atoms with Crippen molar-refractivity contribution < 1.29 is 14.6 Å². The second-order valence-electron chi connectivity index (χ2n) is 2.98. The van der Waals surface area contributed by atoms with Crippen LogP contribution in [-0.2, 0) is 9.53 Å². The average molecular weight is 220 g/mol. The number of aliphatic hydroxyl groups is 1. The van der Waals surface area contributed by atoms with Crippen molar-refractivity contribution in [3.8, 4) is 0 Å². The first kappa shape index (κ1) is 13.8. The minimum absolute atomic E-state index is 0.0495. The first-order chi connectivity index (χ1) is 6.76. The van der Waals surface area contributed by atoms with Crippen LogP contribution in [0.25, 0.3) is 0 Å². The van der Waals surface area contributed by atoms with E-state index in [1.165, 1.54) is 0 Å². The predicted molar refractivity (Wildman–Crippen MR) is 59.5 cm³/mol. The Morgan fingerprint density at radius 1 is 1.50 bits per heavy atom. The summed E-state index contributed by atoms with van der Waals surface area (Å²) < 4.78 is 4.96. The largest absolute Gasteiger partial charge is 0.465 e. The maximum atomic E-state index is 11.4. The maximum absolute atomic E-state index is 11.4. The van der Waals surface area contributed by atoms with Crippen molar-refractivity contribution in [2.75, 3.05) is 19.0 Å². The monoisotopic (exact) mass is 220 g/mol. The molecule has 0 amide bonds. The van der Waals surface area contributed by atoms with Crippen molar-refractivity contribution in [3.63, 3.8) is 0 Å². The van der Waals surface area contributed by atoms with Crippen molar-refractivity contribution in [1.82, 2.24) is 0 Å². The number of rotatable bonds is 8. The summed E-state index contributed by atoms with van der Waals surface area (Å²) in [4.78, 5) is 11.4. The summed E-state index contributed by atoms with van der Waals surface area (Å²) >= 11 is 1.58. The van der Waals surface area contributed by atoms with Crippen molar-refractivity contribution in [1.29, 1.82) is 0 Å². The third kappa shape index (κ3) is 6.27. The Labute approximate surface area is 90.2 Å². The summed E-state index contributed by atoms with van der Waals surface area (Å²) in [6.45, 7) is 4.51. The van der Waals surface area contributed by atoms with Crippen molar-refractivity contribution in [2.24, 2.45) is 0 Å². The Morgan fingerprint density at radius 3 is 2.71 bits per heavy atom. The molecule has 0 aliphatic rings. The van der Waals surface area contributed by atoms with E-state index >= 15 is 0 Å². The number of hydrogen-bond acceptors (Lipinski definition) is 4. The summed E-state index contributed by atoms with van der Waals surface area (Å²) in [5.74, 6) is 0.706. The summed E-state index contributed by atoms with van der Waals surface area (Å²) in [5, 5.41) is 8.57. The van der Waals surface area contributed by atoms with Gasteiger partial charge in [0.25, 0.3) is 0 Å². The maximum Gasteiger partial charge on any atom is 0.319 e. The first-order valence-electron chi connectivity index (χ1n) is 5.15. The summed E-state index contributed by atoms with van der Waals surface area (Å²) in [6.07, 6.45) is 2.58. The van der Waals surface area contributed by atoms with E-state index in [-0.39, 0.29) is 17.8 Å². The molecule has 0 aromatic carbocycles. The Kier molecular flexibility index (Phi) is 9.19. The zero-order valence-corrected chi connectivity index (χ0v) is 9.81. The molecule has 4 heteroatoms. The van der Waals surface area contributed by atoms with Gasteiger partial charge >= 0.3 is 5.97 Å². The highest BCUT2D eigenvalue weighted by Gasteiger charge is 2.18. The fraction of sp³-hybridized carbons (Fsp3) is 0.900. The lowest BCUT2D eigenvalue weighted by Crippen LogP contribution is -2.20. The van der Waals surface area contributed by atoms with Gasteiger partial charge in [-0.05, 0) is 25.5 Å². The average Bonchev–Trinajstić information content (AvgIpc) is 2.17. The fourth-order valence-corrected chi connectivity index (χ4v) is 2.24. The fourth-order valence-electron chi connectivity index (χ4n) is 1.06. The van der Waals surface area contributed by atoms with Gasteiger partial charge in [0.05, 0.1) is 6.61 Å². The molecule has 14 heavy (non-hydrogen) atoms. The van der Waals surface area contributed by atoms with Crippen LogP contribution in [0, 0.1) is 0 Å². The van der Waals surface area contributed by atoms with E-state index in [1.807, 2.05) is 6.92 Å². The number of esters is 1. The number of thioether (sulfide) groups is 1. The molecule has 0 rings (SSSR count). The lowest BCUT2D eigenvalue weighted by Gasteiger charge is -2.13. The van der Waals surface area contributed by atoms with E-state index in [1.54, 1.807) is 11.8 Å². The third-order valence-electron chi connectivity index (χ3n) is 1.72. The highest BCUT2D eigenvalue weighted by molar-refractivity contribution is 8.00. The molecule has 1 atom stereocenters. The van der Waals surface area contributed by atoms with Gasteiger partial charge in [0.15, 0.2) is 0 Å². The zero-order chi connectivity index (χ0) is 10.8. The van der Waals surface area contributed by atoms with Gasteiger partial charge in [0.1, 0.15) is 5.25 Å². The summed E-state index contributed by atoms with van der Waals surface area (Å²) in [7, 11) is 0. The van der Waals surface area contributed by atoms with Crippen LogP contribution in [0.5, 0.6) is 0 Å². The molecule has 0 saturated heterocycles. The highest BCUT2D eigenvalue weighted by atomic mass is 32.2. The molecule has 0 fully saturated rings. The van der Waals surface area contributed by atoms with Crippen LogP contribution >= 0.6 is 11.8 Å². The van der Waals surface area contributed by atoms with Crippen LogP contribution in [0.3, 0.4) is 0 Å². The van der Waals surface area contributed by atoms with Crippen LogP contribution in [0.1, 0.15) is 33.1 Å². The normalized spacial score (nSPS) is 12.5. The van der Waals surface area contributed by atoms with Crippen molar-refractivity contribution >= 4 is 17.7 Å². The van der Waals surface area contributed by atoms with Crippen molar-refractivity contribution in [2.45, 2.75) is 38.4 Å². The van der Waals surface area contributed by atoms with Crippen LogP contribution in [-0.4, -0.2) is 35.3 Å². The molecule has 84 valence electrons. The van der Waals surface area contributed by atoms with Gasteiger partial charge in [-0.25, -0.2) is 0 Å². The molecular weight excluding hydrogens is 200 g/mol. The quantitative estimate of drug-likeness (QED) is 0.501. The Bertz CT molecular complexity index is 150. The predicted octanol–water partition coefficient (Wildman–Crippen LogP) is 1.83. The van der Waals surface area contributed by atoms with Gasteiger partial charge in [0.2, 0.25) is 0 Å². The third-order valence-corrected chi connectivity index (χ3v) is 3.08. The first-order valence-corrected chi connectivity index (χ1v) is 6.20. The second kappa shape index (κ2) is 9.34. The lowest BCUT2D eigenvalue weighted by molar-refractivity contribution is -0.142. The molecule has 0 heterocycles. The van der Waals surface area contributed by atoms with Gasteiger partial charge in [-0.2, -0.15) is 0 Å². The van der Waals surface area contributed by atoms with Gasteiger partial charge in [-0.1, -0.05) is 13.3 Å². The minimum atomic E-state index is -0.114. The van der Waals surface area contributed by atoms with Crippen LogP contribution in [0.15, 0.2) is 0 Å². The lowest BCUT2D eigenvalue weighted by atomic mass is 10.2. The number of aliphatic hydroxyl groups excluding tert-OH is 1. The molecule has 1 unspecified atom stereocenters. The Balaban J connectivity index is 3.81. The molecule has 0 aromatic heterocycles. The highest BCUT2D eigenvalue weighted by Crippen LogP contribution is 2.18.